The predicted molar refractivity (Wildman–Crippen MR) is 152 cm³/mol. The lowest BCUT2D eigenvalue weighted by Crippen LogP contribution is -2.31. The molecule has 206 valence electrons. The lowest BCUT2D eigenvalue weighted by molar-refractivity contribution is -0.162. The SMILES string of the molecule is C=C(C)C(=O)OC1c2ccc(C3CCCC(C4Cc5ccccc5C4OC(=O)C(C)(C)C)C3)cc2CC12CC2. The van der Waals surface area contributed by atoms with Crippen molar-refractivity contribution in [2.45, 2.75) is 97.2 Å². The first-order valence-electron chi connectivity index (χ1n) is 14.8. The zero-order chi connectivity index (χ0) is 27.5. The van der Waals surface area contributed by atoms with E-state index in [1.807, 2.05) is 20.8 Å². The molecule has 0 bridgehead atoms. The fraction of sp³-hybridized carbons (Fsp3) is 0.543. The van der Waals surface area contributed by atoms with Gasteiger partial charge in [-0.05, 0) is 112 Å². The maximum Gasteiger partial charge on any atom is 0.333 e. The molecule has 2 aromatic rings. The highest BCUT2D eigenvalue weighted by Gasteiger charge is 2.56. The van der Waals surface area contributed by atoms with Gasteiger partial charge in [-0.15, -0.1) is 0 Å². The Kier molecular flexibility index (Phi) is 6.51. The molecule has 6 rings (SSSR count). The van der Waals surface area contributed by atoms with Crippen LogP contribution in [-0.4, -0.2) is 11.9 Å². The van der Waals surface area contributed by atoms with Crippen molar-refractivity contribution in [2.24, 2.45) is 22.7 Å². The van der Waals surface area contributed by atoms with Crippen LogP contribution in [-0.2, 0) is 31.9 Å². The second-order valence-electron chi connectivity index (χ2n) is 13.8. The van der Waals surface area contributed by atoms with Crippen LogP contribution < -0.4 is 0 Å². The molecule has 0 saturated heterocycles. The molecule has 4 aliphatic carbocycles. The number of ether oxygens (including phenoxy) is 2. The molecule has 2 fully saturated rings. The van der Waals surface area contributed by atoms with Crippen LogP contribution in [0.4, 0.5) is 0 Å². The van der Waals surface area contributed by atoms with Gasteiger partial charge in [0.05, 0.1) is 5.41 Å². The van der Waals surface area contributed by atoms with E-state index < -0.39 is 5.41 Å². The smallest absolute Gasteiger partial charge is 0.333 e. The number of fused-ring (bicyclic) bond motifs is 2. The van der Waals surface area contributed by atoms with Crippen LogP contribution in [0.2, 0.25) is 0 Å². The number of carbonyl (C=O) groups is 2. The first-order chi connectivity index (χ1) is 18.6. The summed E-state index contributed by atoms with van der Waals surface area (Å²) in [6, 6.07) is 15.5. The van der Waals surface area contributed by atoms with E-state index in [1.165, 1.54) is 47.1 Å². The Morgan fingerprint density at radius 2 is 1.74 bits per heavy atom. The molecule has 5 unspecified atom stereocenters. The van der Waals surface area contributed by atoms with Gasteiger partial charge in [-0.2, -0.15) is 0 Å². The van der Waals surface area contributed by atoms with Crippen LogP contribution in [0, 0.1) is 22.7 Å². The molecule has 0 amide bonds. The number of rotatable bonds is 5. The lowest BCUT2D eigenvalue weighted by atomic mass is 9.71. The van der Waals surface area contributed by atoms with Crippen molar-refractivity contribution in [3.8, 4) is 0 Å². The first kappa shape index (κ1) is 26.3. The fourth-order valence-electron chi connectivity index (χ4n) is 7.45. The summed E-state index contributed by atoms with van der Waals surface area (Å²) in [7, 11) is 0. The maximum atomic E-state index is 13.0. The summed E-state index contributed by atoms with van der Waals surface area (Å²) in [6.45, 7) is 11.3. The van der Waals surface area contributed by atoms with Gasteiger partial charge < -0.3 is 9.47 Å². The van der Waals surface area contributed by atoms with Gasteiger partial charge in [0, 0.05) is 16.9 Å². The van der Waals surface area contributed by atoms with Crippen molar-refractivity contribution in [3.63, 3.8) is 0 Å². The van der Waals surface area contributed by atoms with Crippen LogP contribution in [0.5, 0.6) is 0 Å². The summed E-state index contributed by atoms with van der Waals surface area (Å²) in [5.41, 5.74) is 6.54. The standard InChI is InChI=1S/C35H42O4/c1-21(2)32(36)39-31-28-14-13-23(18-26(28)20-35(31)15-16-35)22-10-8-11-24(17-22)29-19-25-9-6-7-12-27(25)30(29)38-33(37)34(3,4)5/h6-7,9,12-14,18,22,24,29-31H,1,8,10-11,15-17,19-20H2,2-5H3. The van der Waals surface area contributed by atoms with Gasteiger partial charge in [0.15, 0.2) is 0 Å². The van der Waals surface area contributed by atoms with Crippen LogP contribution in [0.3, 0.4) is 0 Å². The number of esters is 2. The molecule has 39 heavy (non-hydrogen) atoms. The zero-order valence-corrected chi connectivity index (χ0v) is 23.9. The molecule has 1 spiro atoms. The molecule has 0 heterocycles. The Morgan fingerprint density at radius 1 is 0.974 bits per heavy atom. The van der Waals surface area contributed by atoms with Crippen LogP contribution in [0.25, 0.3) is 0 Å². The predicted octanol–water partition coefficient (Wildman–Crippen LogP) is 7.96. The van der Waals surface area contributed by atoms with E-state index in [0.717, 1.165) is 32.1 Å². The van der Waals surface area contributed by atoms with E-state index in [2.05, 4.69) is 49.0 Å². The van der Waals surface area contributed by atoms with Crippen molar-refractivity contribution in [2.75, 3.05) is 0 Å². The molecule has 4 aliphatic rings. The van der Waals surface area contributed by atoms with Gasteiger partial charge >= 0.3 is 11.9 Å². The van der Waals surface area contributed by atoms with Gasteiger partial charge in [-0.1, -0.05) is 55.5 Å². The largest absolute Gasteiger partial charge is 0.457 e. The van der Waals surface area contributed by atoms with Crippen LogP contribution in [0.1, 0.15) is 112 Å². The monoisotopic (exact) mass is 526 g/mol. The summed E-state index contributed by atoms with van der Waals surface area (Å²) in [4.78, 5) is 25.4. The minimum Gasteiger partial charge on any atom is -0.457 e. The third kappa shape index (κ3) is 4.85. The topological polar surface area (TPSA) is 52.6 Å². The minimum atomic E-state index is -0.517. The highest BCUT2D eigenvalue weighted by Crippen LogP contribution is 2.64. The maximum absolute atomic E-state index is 13.0. The Hall–Kier alpha value is -2.88. The highest BCUT2D eigenvalue weighted by molar-refractivity contribution is 5.87. The summed E-state index contributed by atoms with van der Waals surface area (Å²) in [6.07, 6.45) is 8.63. The normalized spacial score (nSPS) is 28.5. The van der Waals surface area contributed by atoms with Gasteiger partial charge in [-0.3, -0.25) is 4.79 Å². The van der Waals surface area contributed by atoms with Crippen molar-refractivity contribution in [1.29, 1.82) is 0 Å². The minimum absolute atomic E-state index is 0.0982. The van der Waals surface area contributed by atoms with Crippen molar-refractivity contribution >= 4 is 11.9 Å². The Labute approximate surface area is 233 Å². The van der Waals surface area contributed by atoms with E-state index >= 15 is 0 Å². The van der Waals surface area contributed by atoms with Gasteiger partial charge in [0.25, 0.3) is 0 Å². The van der Waals surface area contributed by atoms with Crippen LogP contribution >= 0.6 is 0 Å². The molecule has 2 aromatic carbocycles. The van der Waals surface area contributed by atoms with E-state index in [9.17, 15) is 9.59 Å². The molecular weight excluding hydrogens is 484 g/mol. The third-order valence-electron chi connectivity index (χ3n) is 9.86. The molecule has 0 radical (unpaired) electrons. The molecule has 4 nitrogen and oxygen atoms in total. The van der Waals surface area contributed by atoms with Gasteiger partial charge in [0.2, 0.25) is 0 Å². The Balaban J connectivity index is 1.22. The zero-order valence-electron chi connectivity index (χ0n) is 23.9. The number of carbonyl (C=O) groups excluding carboxylic acids is 2. The average molecular weight is 527 g/mol. The molecule has 0 aromatic heterocycles. The molecule has 4 heteroatoms. The number of hydrogen-bond donors (Lipinski definition) is 0. The lowest BCUT2D eigenvalue weighted by Gasteiger charge is -2.36. The van der Waals surface area contributed by atoms with E-state index in [1.54, 1.807) is 6.92 Å². The third-order valence-corrected chi connectivity index (χ3v) is 9.86. The highest BCUT2D eigenvalue weighted by atomic mass is 16.5. The van der Waals surface area contributed by atoms with E-state index in [4.69, 9.17) is 9.47 Å². The van der Waals surface area contributed by atoms with Crippen molar-refractivity contribution in [1.82, 2.24) is 0 Å². The number of hydrogen-bond acceptors (Lipinski definition) is 4. The quantitative estimate of drug-likeness (QED) is 0.293. The van der Waals surface area contributed by atoms with Crippen LogP contribution in [0.15, 0.2) is 54.6 Å². The summed E-state index contributed by atoms with van der Waals surface area (Å²) < 4.78 is 12.2. The molecule has 0 N–H and O–H groups in total. The average Bonchev–Trinajstić information content (AvgIpc) is 3.49. The second-order valence-corrected chi connectivity index (χ2v) is 13.8. The van der Waals surface area contributed by atoms with Crippen molar-refractivity contribution < 1.29 is 19.1 Å². The van der Waals surface area contributed by atoms with Crippen molar-refractivity contribution in [3.05, 3.63) is 82.4 Å². The molecular formula is C35H42O4. The Morgan fingerprint density at radius 3 is 2.46 bits per heavy atom. The molecule has 5 atom stereocenters. The fourth-order valence-corrected chi connectivity index (χ4v) is 7.45. The molecule has 2 saturated carbocycles. The molecule has 0 aliphatic heterocycles. The summed E-state index contributed by atoms with van der Waals surface area (Å²) in [5.74, 6) is 0.949. The van der Waals surface area contributed by atoms with E-state index in [0.29, 0.717) is 23.3 Å². The number of benzene rings is 2. The van der Waals surface area contributed by atoms with E-state index in [-0.39, 0.29) is 29.6 Å². The summed E-state index contributed by atoms with van der Waals surface area (Å²) in [5, 5.41) is 0. The van der Waals surface area contributed by atoms with Gasteiger partial charge in [-0.25, -0.2) is 4.79 Å². The summed E-state index contributed by atoms with van der Waals surface area (Å²) >= 11 is 0. The second kappa shape index (κ2) is 9.64. The van der Waals surface area contributed by atoms with Gasteiger partial charge in [0.1, 0.15) is 12.2 Å². The Bertz CT molecular complexity index is 1310. The first-order valence-corrected chi connectivity index (χ1v) is 14.8.